The highest BCUT2D eigenvalue weighted by Gasteiger charge is 2.60. The maximum absolute atomic E-state index is 15.2. The van der Waals surface area contributed by atoms with Crippen molar-refractivity contribution in [2.45, 2.75) is 49.2 Å². The molecular weight excluding hydrogens is 743 g/mol. The van der Waals surface area contributed by atoms with E-state index in [1.807, 2.05) is 38.1 Å². The number of carbonyl (C=O) groups excluding carboxylic acids is 1. The first-order chi connectivity index (χ1) is 23.5. The van der Waals surface area contributed by atoms with Crippen molar-refractivity contribution in [1.29, 1.82) is 0 Å². The Kier molecular flexibility index (Phi) is 10.0. The first-order valence-electron chi connectivity index (χ1n) is 16.3. The first-order valence-corrected chi connectivity index (χ1v) is 21.2. The molecule has 0 N–H and O–H groups in total. The summed E-state index contributed by atoms with van der Waals surface area (Å²) < 4.78 is 56.4. The topological polar surface area (TPSA) is 117 Å². The van der Waals surface area contributed by atoms with E-state index in [0.717, 1.165) is 17.4 Å². The van der Waals surface area contributed by atoms with Crippen molar-refractivity contribution in [2.75, 3.05) is 50.5 Å². The Labute approximate surface area is 308 Å². The predicted octanol–water partition coefficient (Wildman–Crippen LogP) is 6.27. The van der Waals surface area contributed by atoms with Crippen LogP contribution in [0, 0.1) is 0 Å². The average Bonchev–Trinajstić information content (AvgIpc) is 3.55. The molecule has 2 amide bonds. The van der Waals surface area contributed by atoms with Crippen LogP contribution in [-0.2, 0) is 30.8 Å². The van der Waals surface area contributed by atoms with E-state index in [1.165, 1.54) is 12.1 Å². The van der Waals surface area contributed by atoms with E-state index in [0.29, 0.717) is 42.6 Å². The number of piperazine rings is 1. The van der Waals surface area contributed by atoms with Crippen LogP contribution in [0.4, 0.5) is 4.79 Å². The maximum Gasteiger partial charge on any atom is 0.326 e. The van der Waals surface area contributed by atoms with Gasteiger partial charge in [-0.1, -0.05) is 59.1 Å². The summed E-state index contributed by atoms with van der Waals surface area (Å²) in [5.74, 6) is 0.773. The van der Waals surface area contributed by atoms with Crippen LogP contribution in [0.25, 0.3) is 0 Å². The zero-order chi connectivity index (χ0) is 36.2. The van der Waals surface area contributed by atoms with Gasteiger partial charge in [-0.05, 0) is 68.7 Å². The molecule has 3 heterocycles. The number of hydrogen-bond donors (Lipinski definition) is 0. The van der Waals surface area contributed by atoms with Gasteiger partial charge in [0.1, 0.15) is 22.7 Å². The molecule has 268 valence electrons. The van der Waals surface area contributed by atoms with Crippen LogP contribution in [0.3, 0.4) is 0 Å². The lowest BCUT2D eigenvalue weighted by atomic mass is 9.71. The maximum atomic E-state index is 15.2. The van der Waals surface area contributed by atoms with Crippen LogP contribution in [0.15, 0.2) is 70.6 Å². The van der Waals surface area contributed by atoms with Gasteiger partial charge in [-0.2, -0.15) is 0 Å². The molecule has 0 bridgehead atoms. The number of ether oxygens (including phenoxy) is 1. The van der Waals surface area contributed by atoms with Crippen molar-refractivity contribution < 1.29 is 26.4 Å². The van der Waals surface area contributed by atoms with Crippen molar-refractivity contribution >= 4 is 66.3 Å². The lowest BCUT2D eigenvalue weighted by molar-refractivity contribution is 0.0776. The van der Waals surface area contributed by atoms with Gasteiger partial charge in [0.05, 0.1) is 33.6 Å². The number of nitrogens with zero attached hydrogens (tertiary/aromatic N) is 4. The Morgan fingerprint density at radius 3 is 2.04 bits per heavy atom. The molecule has 2 fully saturated rings. The van der Waals surface area contributed by atoms with Gasteiger partial charge in [0.2, 0.25) is 0 Å². The minimum atomic E-state index is -3.80. The molecule has 0 saturated carbocycles. The van der Waals surface area contributed by atoms with Crippen molar-refractivity contribution in [2.24, 2.45) is 4.99 Å². The van der Waals surface area contributed by atoms with Gasteiger partial charge in [0, 0.05) is 54.6 Å². The molecule has 2 saturated heterocycles. The number of benzene rings is 3. The fourth-order valence-corrected chi connectivity index (χ4v) is 10.7. The molecule has 0 aliphatic carbocycles. The summed E-state index contributed by atoms with van der Waals surface area (Å²) in [6.45, 7) is 7.61. The minimum absolute atomic E-state index is 0.0119. The molecule has 0 radical (unpaired) electrons. The third-order valence-corrected chi connectivity index (χ3v) is 14.0. The summed E-state index contributed by atoms with van der Waals surface area (Å²) in [5.41, 5.74) is -0.572. The number of amidine groups is 1. The van der Waals surface area contributed by atoms with Gasteiger partial charge < -0.3 is 9.64 Å². The summed E-state index contributed by atoms with van der Waals surface area (Å²) in [4.78, 5) is 25.9. The van der Waals surface area contributed by atoms with Gasteiger partial charge in [0.25, 0.3) is 0 Å². The fourth-order valence-electron chi connectivity index (χ4n) is 7.32. The molecule has 0 spiro atoms. The van der Waals surface area contributed by atoms with E-state index < -0.39 is 30.8 Å². The van der Waals surface area contributed by atoms with Crippen LogP contribution >= 0.6 is 34.8 Å². The van der Waals surface area contributed by atoms with Gasteiger partial charge in [-0.25, -0.2) is 21.6 Å². The molecular formula is C35H39Cl3N4O6S2. The third-order valence-electron chi connectivity index (χ3n) is 10.2. The van der Waals surface area contributed by atoms with E-state index in [4.69, 9.17) is 44.5 Å². The van der Waals surface area contributed by atoms with E-state index in [1.54, 1.807) is 41.0 Å². The van der Waals surface area contributed by atoms with Crippen LogP contribution in [0.5, 0.6) is 5.75 Å². The number of carbonyl (C=O) groups is 1. The molecule has 0 aromatic heterocycles. The normalized spacial score (nSPS) is 25.5. The standard InChI is InChI=1S/C35H39Cl3N4O6S2/c1-5-48-30-21-29(38)31(49(4,44)45)20-28(30)32-39-34(2,23-6-10-25(36)11-7-23)35(3,24-8-12-26(37)13-9-24)42(32)33(43)41-17-15-40(16-18-41)27-14-19-50(46,47)22-27/h6-13,20-21,27H,5,14-19,22H2,1-4H3/t27?,34-,35+/m0/s1. The minimum Gasteiger partial charge on any atom is -0.493 e. The predicted molar refractivity (Wildman–Crippen MR) is 197 cm³/mol. The molecule has 3 aliphatic heterocycles. The Balaban J connectivity index is 1.54. The zero-order valence-electron chi connectivity index (χ0n) is 28.2. The zero-order valence-corrected chi connectivity index (χ0v) is 32.1. The van der Waals surface area contributed by atoms with Gasteiger partial charge in [-0.15, -0.1) is 0 Å². The van der Waals surface area contributed by atoms with E-state index >= 15 is 4.79 Å². The Morgan fingerprint density at radius 2 is 1.52 bits per heavy atom. The molecule has 3 aromatic rings. The number of sulfone groups is 2. The molecule has 3 aromatic carbocycles. The number of amides is 2. The van der Waals surface area contributed by atoms with Gasteiger partial charge in [0.15, 0.2) is 19.7 Å². The van der Waals surface area contributed by atoms with Crippen molar-refractivity contribution in [3.05, 3.63) is 92.4 Å². The van der Waals surface area contributed by atoms with E-state index in [-0.39, 0.29) is 57.3 Å². The lowest BCUT2D eigenvalue weighted by Crippen LogP contribution is -2.61. The summed E-state index contributed by atoms with van der Waals surface area (Å²) in [7, 11) is -6.87. The molecule has 50 heavy (non-hydrogen) atoms. The van der Waals surface area contributed by atoms with Crippen LogP contribution < -0.4 is 4.74 Å². The molecule has 6 rings (SSSR count). The van der Waals surface area contributed by atoms with Crippen molar-refractivity contribution in [3.63, 3.8) is 0 Å². The van der Waals surface area contributed by atoms with Crippen LogP contribution in [0.1, 0.15) is 43.9 Å². The summed E-state index contributed by atoms with van der Waals surface area (Å²) in [5, 5.41) is 1.03. The summed E-state index contributed by atoms with van der Waals surface area (Å²) >= 11 is 19.2. The number of urea groups is 1. The molecule has 15 heteroatoms. The second kappa shape index (κ2) is 13.6. The SMILES string of the molecule is CCOc1cc(Cl)c(S(C)(=O)=O)cc1C1=N[C@@](C)(c2ccc(Cl)cc2)[C@@](C)(c2ccc(Cl)cc2)N1C(=O)N1CCN(C2CCS(=O)(=O)C2)CC1. The fraction of sp³-hybridized carbons (Fsp3) is 0.429. The third kappa shape index (κ3) is 6.63. The highest BCUT2D eigenvalue weighted by Crippen LogP contribution is 2.54. The van der Waals surface area contributed by atoms with E-state index in [9.17, 15) is 16.8 Å². The molecule has 10 nitrogen and oxygen atoms in total. The van der Waals surface area contributed by atoms with Crippen LogP contribution in [0.2, 0.25) is 15.1 Å². The number of hydrogen-bond acceptors (Lipinski definition) is 8. The molecule has 1 unspecified atom stereocenters. The number of rotatable bonds is 7. The second-order valence-electron chi connectivity index (χ2n) is 13.3. The number of aliphatic imine (C=N–C) groups is 1. The Morgan fingerprint density at radius 1 is 0.940 bits per heavy atom. The monoisotopic (exact) mass is 780 g/mol. The van der Waals surface area contributed by atoms with Crippen molar-refractivity contribution in [3.8, 4) is 5.75 Å². The van der Waals surface area contributed by atoms with Gasteiger partial charge >= 0.3 is 6.03 Å². The second-order valence-corrected chi connectivity index (χ2v) is 18.8. The molecule has 3 aliphatic rings. The lowest BCUT2D eigenvalue weighted by Gasteiger charge is -2.47. The highest BCUT2D eigenvalue weighted by molar-refractivity contribution is 7.91. The van der Waals surface area contributed by atoms with E-state index in [2.05, 4.69) is 4.90 Å². The average molecular weight is 782 g/mol. The number of halogens is 3. The van der Waals surface area contributed by atoms with Crippen LogP contribution in [-0.4, -0.2) is 100.0 Å². The highest BCUT2D eigenvalue weighted by atomic mass is 35.5. The Bertz CT molecular complexity index is 2050. The molecule has 3 atom stereocenters. The summed E-state index contributed by atoms with van der Waals surface area (Å²) in [6.07, 6.45) is 1.65. The van der Waals surface area contributed by atoms with Crippen molar-refractivity contribution in [1.82, 2.24) is 14.7 Å². The largest absolute Gasteiger partial charge is 0.493 e. The Hall–Kier alpha value is -2.87. The smallest absolute Gasteiger partial charge is 0.326 e. The summed E-state index contributed by atoms with van der Waals surface area (Å²) in [6, 6.07) is 17.0. The quantitative estimate of drug-likeness (QED) is 0.278. The first kappa shape index (κ1) is 36.9. The van der Waals surface area contributed by atoms with Gasteiger partial charge in [-0.3, -0.25) is 14.8 Å².